The maximum atomic E-state index is 11.9. The molecule has 92 valence electrons. The standard InChI is InChI=1S/C10H13N3O4/c1-2-6(11-10(15)16)7(14)8-12-9(17-13-8)5-3-4-5/h5-6,11H,2-4H2,1H3,(H,15,16)/t6-/m0/s1. The van der Waals surface area contributed by atoms with Gasteiger partial charge in [-0.15, -0.1) is 0 Å². The largest absolute Gasteiger partial charge is 0.465 e. The number of Topliss-reactive ketones (excluding diaryl/α,β-unsaturated/α-hetero) is 1. The van der Waals surface area contributed by atoms with Gasteiger partial charge in [0.15, 0.2) is 0 Å². The molecule has 1 aliphatic rings. The summed E-state index contributed by atoms with van der Waals surface area (Å²) < 4.78 is 4.95. The Bertz CT molecular complexity index is 439. The first kappa shape index (κ1) is 11.6. The monoisotopic (exact) mass is 239 g/mol. The van der Waals surface area contributed by atoms with Gasteiger partial charge in [-0.2, -0.15) is 4.98 Å². The van der Waals surface area contributed by atoms with Crippen LogP contribution >= 0.6 is 0 Å². The maximum Gasteiger partial charge on any atom is 0.405 e. The summed E-state index contributed by atoms with van der Waals surface area (Å²) in [5.41, 5.74) is 0. The highest BCUT2D eigenvalue weighted by Crippen LogP contribution is 2.38. The SMILES string of the molecule is CC[C@H](NC(=O)O)C(=O)c1noc(C2CC2)n1. The Morgan fingerprint density at radius 3 is 2.82 bits per heavy atom. The fourth-order valence-corrected chi connectivity index (χ4v) is 1.49. The Balaban J connectivity index is 2.07. The van der Waals surface area contributed by atoms with Gasteiger partial charge in [-0.05, 0) is 19.3 Å². The Kier molecular flexibility index (Phi) is 3.08. The fraction of sp³-hybridized carbons (Fsp3) is 0.600. The molecule has 1 fully saturated rings. The van der Waals surface area contributed by atoms with Crippen LogP contribution in [0.2, 0.25) is 0 Å². The van der Waals surface area contributed by atoms with Gasteiger partial charge in [-0.1, -0.05) is 12.1 Å². The highest BCUT2D eigenvalue weighted by atomic mass is 16.5. The molecule has 0 spiro atoms. The van der Waals surface area contributed by atoms with Gasteiger partial charge >= 0.3 is 6.09 Å². The quantitative estimate of drug-likeness (QED) is 0.747. The molecule has 1 saturated carbocycles. The number of hydrogen-bond acceptors (Lipinski definition) is 5. The zero-order valence-electron chi connectivity index (χ0n) is 9.34. The third-order valence-electron chi connectivity index (χ3n) is 2.61. The molecule has 0 bridgehead atoms. The van der Waals surface area contributed by atoms with E-state index in [0.717, 1.165) is 12.8 Å². The van der Waals surface area contributed by atoms with E-state index in [-0.39, 0.29) is 11.7 Å². The Morgan fingerprint density at radius 1 is 1.59 bits per heavy atom. The van der Waals surface area contributed by atoms with Crippen LogP contribution in [0.15, 0.2) is 4.52 Å². The highest BCUT2D eigenvalue weighted by Gasteiger charge is 2.32. The van der Waals surface area contributed by atoms with Crippen LogP contribution in [-0.4, -0.2) is 33.2 Å². The molecule has 1 heterocycles. The van der Waals surface area contributed by atoms with Gasteiger partial charge in [0, 0.05) is 5.92 Å². The summed E-state index contributed by atoms with van der Waals surface area (Å²) >= 11 is 0. The summed E-state index contributed by atoms with van der Waals surface area (Å²) in [5.74, 6) is 0.244. The van der Waals surface area contributed by atoms with Crippen LogP contribution in [0.3, 0.4) is 0 Å². The Labute approximate surface area is 97.2 Å². The molecule has 0 unspecified atom stereocenters. The number of nitrogens with zero attached hydrogens (tertiary/aromatic N) is 2. The average Bonchev–Trinajstić information content (AvgIpc) is 3.03. The molecule has 1 aromatic heterocycles. The molecule has 0 radical (unpaired) electrons. The van der Waals surface area contributed by atoms with Gasteiger partial charge < -0.3 is 14.9 Å². The van der Waals surface area contributed by atoms with Crippen LogP contribution in [0, 0.1) is 0 Å². The normalized spacial score (nSPS) is 16.5. The molecule has 1 atom stereocenters. The van der Waals surface area contributed by atoms with Crippen molar-refractivity contribution >= 4 is 11.9 Å². The van der Waals surface area contributed by atoms with Crippen molar-refractivity contribution in [3.8, 4) is 0 Å². The van der Waals surface area contributed by atoms with E-state index in [4.69, 9.17) is 9.63 Å². The van der Waals surface area contributed by atoms with Gasteiger partial charge in [0.2, 0.25) is 17.5 Å². The average molecular weight is 239 g/mol. The predicted octanol–water partition coefficient (Wildman–Crippen LogP) is 1.18. The topological polar surface area (TPSA) is 105 Å². The zero-order chi connectivity index (χ0) is 12.4. The van der Waals surface area contributed by atoms with Crippen LogP contribution in [0.1, 0.15) is 48.6 Å². The van der Waals surface area contributed by atoms with Crippen LogP contribution in [0.25, 0.3) is 0 Å². The molecule has 2 rings (SSSR count). The smallest absolute Gasteiger partial charge is 0.405 e. The summed E-state index contributed by atoms with van der Waals surface area (Å²) in [6.07, 6.45) is 1.11. The lowest BCUT2D eigenvalue weighted by Crippen LogP contribution is -2.40. The minimum Gasteiger partial charge on any atom is -0.465 e. The van der Waals surface area contributed by atoms with E-state index in [1.165, 1.54) is 0 Å². The van der Waals surface area contributed by atoms with Crippen LogP contribution in [0.5, 0.6) is 0 Å². The first-order valence-corrected chi connectivity index (χ1v) is 5.49. The van der Waals surface area contributed by atoms with Crippen LogP contribution in [0.4, 0.5) is 4.79 Å². The number of aromatic nitrogens is 2. The van der Waals surface area contributed by atoms with Gasteiger partial charge in [-0.3, -0.25) is 4.79 Å². The third-order valence-corrected chi connectivity index (χ3v) is 2.61. The summed E-state index contributed by atoms with van der Waals surface area (Å²) in [7, 11) is 0. The molecule has 0 aliphatic heterocycles. The number of carbonyl (C=O) groups excluding carboxylic acids is 1. The number of carbonyl (C=O) groups is 2. The first-order chi connectivity index (χ1) is 8.11. The molecule has 7 nitrogen and oxygen atoms in total. The molecular weight excluding hydrogens is 226 g/mol. The third kappa shape index (κ3) is 2.61. The van der Waals surface area contributed by atoms with Gasteiger partial charge in [0.25, 0.3) is 0 Å². The number of ketones is 1. The van der Waals surface area contributed by atoms with Crippen LogP contribution < -0.4 is 5.32 Å². The van der Waals surface area contributed by atoms with Gasteiger partial charge in [0.05, 0.1) is 6.04 Å². The number of carboxylic acid groups (broad SMARTS) is 1. The number of rotatable bonds is 5. The second kappa shape index (κ2) is 4.52. The van der Waals surface area contributed by atoms with Crippen molar-refractivity contribution < 1.29 is 19.2 Å². The number of nitrogens with one attached hydrogen (secondary N) is 1. The van der Waals surface area contributed by atoms with E-state index < -0.39 is 17.9 Å². The molecule has 1 amide bonds. The van der Waals surface area contributed by atoms with Crippen molar-refractivity contribution in [2.45, 2.75) is 38.1 Å². The van der Waals surface area contributed by atoms with Crippen molar-refractivity contribution in [2.24, 2.45) is 0 Å². The fourth-order valence-electron chi connectivity index (χ4n) is 1.49. The molecule has 7 heteroatoms. The predicted molar refractivity (Wildman–Crippen MR) is 55.8 cm³/mol. The molecular formula is C10H13N3O4. The maximum absolute atomic E-state index is 11.9. The molecule has 1 aromatic rings. The summed E-state index contributed by atoms with van der Waals surface area (Å²) in [5, 5.41) is 14.3. The lowest BCUT2D eigenvalue weighted by molar-refractivity contribution is 0.0921. The molecule has 2 N–H and O–H groups in total. The van der Waals surface area contributed by atoms with Crippen molar-refractivity contribution in [3.05, 3.63) is 11.7 Å². The Morgan fingerprint density at radius 2 is 2.29 bits per heavy atom. The van der Waals surface area contributed by atoms with E-state index in [1.54, 1.807) is 6.92 Å². The first-order valence-electron chi connectivity index (χ1n) is 5.49. The second-order valence-corrected chi connectivity index (χ2v) is 4.01. The number of hydrogen-bond donors (Lipinski definition) is 2. The van der Waals surface area contributed by atoms with Crippen molar-refractivity contribution in [1.82, 2.24) is 15.5 Å². The van der Waals surface area contributed by atoms with Crippen molar-refractivity contribution in [1.29, 1.82) is 0 Å². The van der Waals surface area contributed by atoms with Crippen molar-refractivity contribution in [2.75, 3.05) is 0 Å². The summed E-state index contributed by atoms with van der Waals surface area (Å²) in [4.78, 5) is 26.3. The zero-order valence-corrected chi connectivity index (χ0v) is 9.34. The lowest BCUT2D eigenvalue weighted by atomic mass is 10.1. The highest BCUT2D eigenvalue weighted by molar-refractivity contribution is 5.98. The van der Waals surface area contributed by atoms with E-state index >= 15 is 0 Å². The van der Waals surface area contributed by atoms with E-state index in [2.05, 4.69) is 15.5 Å². The summed E-state index contributed by atoms with van der Waals surface area (Å²) in [6, 6.07) is -0.822. The van der Waals surface area contributed by atoms with E-state index in [9.17, 15) is 9.59 Å². The molecule has 1 aliphatic carbocycles. The van der Waals surface area contributed by atoms with Gasteiger partial charge in [-0.25, -0.2) is 4.79 Å². The van der Waals surface area contributed by atoms with Crippen LogP contribution in [-0.2, 0) is 0 Å². The van der Waals surface area contributed by atoms with E-state index in [1.807, 2.05) is 0 Å². The number of amides is 1. The lowest BCUT2D eigenvalue weighted by Gasteiger charge is -2.10. The van der Waals surface area contributed by atoms with Gasteiger partial charge in [0.1, 0.15) is 0 Å². The Hall–Kier alpha value is -1.92. The molecule has 17 heavy (non-hydrogen) atoms. The minimum atomic E-state index is -1.24. The minimum absolute atomic E-state index is 0.0486. The van der Waals surface area contributed by atoms with Crippen molar-refractivity contribution in [3.63, 3.8) is 0 Å². The second-order valence-electron chi connectivity index (χ2n) is 4.01. The molecule has 0 saturated heterocycles. The summed E-state index contributed by atoms with van der Waals surface area (Å²) in [6.45, 7) is 1.71. The molecule has 0 aromatic carbocycles. The van der Waals surface area contributed by atoms with E-state index in [0.29, 0.717) is 12.3 Å².